The molecule has 0 aliphatic heterocycles. The van der Waals surface area contributed by atoms with E-state index >= 15 is 0 Å². The first-order chi connectivity index (χ1) is 11.1. The second-order valence-corrected chi connectivity index (χ2v) is 6.09. The standard InChI is InChI=1S/C18H15ClN4.ClH/c1-10-3-4-12(8-13(10)19)23-16-7-11(2)22-14-5-6-15-18(17(14)16)21-9-20-15;/h3-9,22-23H,1-2H3;1H. The maximum atomic E-state index is 6.24. The quantitative estimate of drug-likeness (QED) is 0.494. The van der Waals surface area contributed by atoms with E-state index in [1.807, 2.05) is 44.2 Å². The SMILES string of the molecule is Cc1cc(Nc2ccc(C)c(Cl)c2)c2c(ccc3ncnc32)[nH]1.Cl. The van der Waals surface area contributed by atoms with Crippen LogP contribution in [0.4, 0.5) is 11.4 Å². The molecule has 0 spiro atoms. The molecule has 0 fully saturated rings. The molecule has 24 heavy (non-hydrogen) atoms. The first-order valence-corrected chi connectivity index (χ1v) is 7.76. The van der Waals surface area contributed by atoms with Crippen LogP contribution in [0.15, 0.2) is 42.7 Å². The van der Waals surface area contributed by atoms with Gasteiger partial charge in [-0.05, 0) is 49.7 Å². The van der Waals surface area contributed by atoms with E-state index in [0.29, 0.717) is 0 Å². The van der Waals surface area contributed by atoms with Gasteiger partial charge in [-0.1, -0.05) is 17.7 Å². The number of aryl methyl sites for hydroxylation is 2. The molecule has 0 unspecified atom stereocenters. The number of pyridine rings is 1. The minimum atomic E-state index is 0. The number of hydrogen-bond acceptors (Lipinski definition) is 3. The Morgan fingerprint density at radius 2 is 1.88 bits per heavy atom. The zero-order chi connectivity index (χ0) is 16.0. The molecule has 0 radical (unpaired) electrons. The summed E-state index contributed by atoms with van der Waals surface area (Å²) in [6.07, 6.45) is 1.59. The Kier molecular flexibility index (Phi) is 4.35. The van der Waals surface area contributed by atoms with E-state index in [-0.39, 0.29) is 12.4 Å². The molecule has 0 bridgehead atoms. The molecular formula is C18H16Cl2N4. The van der Waals surface area contributed by atoms with Crippen molar-refractivity contribution < 1.29 is 0 Å². The second kappa shape index (κ2) is 6.30. The summed E-state index contributed by atoms with van der Waals surface area (Å²) in [5, 5.41) is 5.24. The third kappa shape index (κ3) is 2.79. The molecule has 2 aromatic carbocycles. The monoisotopic (exact) mass is 358 g/mol. The van der Waals surface area contributed by atoms with Crippen LogP contribution in [0, 0.1) is 13.8 Å². The third-order valence-corrected chi connectivity index (χ3v) is 4.36. The molecule has 0 saturated heterocycles. The van der Waals surface area contributed by atoms with Crippen LogP contribution in [0.25, 0.3) is 21.9 Å². The Hall–Kier alpha value is -2.30. The molecule has 0 atom stereocenters. The molecule has 4 nitrogen and oxygen atoms in total. The van der Waals surface area contributed by atoms with Gasteiger partial charge < -0.3 is 10.3 Å². The molecule has 2 heterocycles. The lowest BCUT2D eigenvalue weighted by Gasteiger charge is -2.13. The highest BCUT2D eigenvalue weighted by Gasteiger charge is 2.10. The van der Waals surface area contributed by atoms with Crippen molar-refractivity contribution in [1.82, 2.24) is 15.0 Å². The van der Waals surface area contributed by atoms with E-state index in [0.717, 1.165) is 49.6 Å². The Bertz CT molecular complexity index is 1040. The van der Waals surface area contributed by atoms with Crippen LogP contribution < -0.4 is 5.32 Å². The lowest BCUT2D eigenvalue weighted by Crippen LogP contribution is -1.96. The largest absolute Gasteiger partial charge is 0.358 e. The Labute approximate surface area is 150 Å². The second-order valence-electron chi connectivity index (χ2n) is 5.68. The van der Waals surface area contributed by atoms with Crippen LogP contribution in [0.5, 0.6) is 0 Å². The average Bonchev–Trinajstić information content (AvgIpc) is 2.99. The highest BCUT2D eigenvalue weighted by atomic mass is 35.5. The van der Waals surface area contributed by atoms with Gasteiger partial charge in [0.25, 0.3) is 0 Å². The number of benzene rings is 2. The molecule has 0 aliphatic rings. The van der Waals surface area contributed by atoms with E-state index in [4.69, 9.17) is 11.6 Å². The molecule has 122 valence electrons. The molecule has 0 saturated carbocycles. The zero-order valence-corrected chi connectivity index (χ0v) is 14.8. The fourth-order valence-electron chi connectivity index (χ4n) is 2.80. The predicted octanol–water partition coefficient (Wildman–Crippen LogP) is 5.55. The van der Waals surface area contributed by atoms with Crippen LogP contribution in [0.1, 0.15) is 11.3 Å². The van der Waals surface area contributed by atoms with Crippen molar-refractivity contribution in [2.45, 2.75) is 13.8 Å². The summed E-state index contributed by atoms with van der Waals surface area (Å²) in [6.45, 7) is 4.03. The van der Waals surface area contributed by atoms with Crippen molar-refractivity contribution in [2.24, 2.45) is 0 Å². The van der Waals surface area contributed by atoms with Gasteiger partial charge in [0.05, 0.1) is 11.2 Å². The van der Waals surface area contributed by atoms with Gasteiger partial charge in [-0.25, -0.2) is 9.97 Å². The summed E-state index contributed by atoms with van der Waals surface area (Å²) in [5.74, 6) is 0. The van der Waals surface area contributed by atoms with Gasteiger partial charge in [0, 0.05) is 27.3 Å². The fraction of sp³-hybridized carbons (Fsp3) is 0.111. The topological polar surface area (TPSA) is 53.6 Å². The molecule has 4 rings (SSSR count). The number of aromatic amines is 1. The fourth-order valence-corrected chi connectivity index (χ4v) is 2.98. The number of nitrogens with zero attached hydrogens (tertiary/aromatic N) is 2. The van der Waals surface area contributed by atoms with Gasteiger partial charge in [-0.15, -0.1) is 12.4 Å². The van der Waals surface area contributed by atoms with Gasteiger partial charge in [0.15, 0.2) is 0 Å². The van der Waals surface area contributed by atoms with E-state index in [2.05, 4.69) is 26.3 Å². The highest BCUT2D eigenvalue weighted by molar-refractivity contribution is 6.31. The highest BCUT2D eigenvalue weighted by Crippen LogP contribution is 2.32. The number of fused-ring (bicyclic) bond motifs is 3. The van der Waals surface area contributed by atoms with Crippen molar-refractivity contribution in [3.63, 3.8) is 0 Å². The number of nitrogens with one attached hydrogen (secondary N) is 2. The van der Waals surface area contributed by atoms with Crippen LogP contribution in [0.2, 0.25) is 5.02 Å². The summed E-state index contributed by atoms with van der Waals surface area (Å²) in [4.78, 5) is 12.1. The molecule has 6 heteroatoms. The summed E-state index contributed by atoms with van der Waals surface area (Å²) < 4.78 is 0. The van der Waals surface area contributed by atoms with Crippen molar-refractivity contribution in [1.29, 1.82) is 0 Å². The number of hydrogen-bond donors (Lipinski definition) is 2. The van der Waals surface area contributed by atoms with Crippen molar-refractivity contribution in [3.8, 4) is 0 Å². The Balaban J connectivity index is 0.00000169. The van der Waals surface area contributed by atoms with Crippen molar-refractivity contribution >= 4 is 57.3 Å². The van der Waals surface area contributed by atoms with E-state index in [1.54, 1.807) is 6.33 Å². The lowest BCUT2D eigenvalue weighted by molar-refractivity contribution is 1.26. The van der Waals surface area contributed by atoms with Crippen molar-refractivity contribution in [3.05, 3.63) is 59.0 Å². The van der Waals surface area contributed by atoms with Crippen LogP contribution in [-0.2, 0) is 0 Å². The smallest absolute Gasteiger partial charge is 0.116 e. The normalized spacial score (nSPS) is 10.8. The Morgan fingerprint density at radius 1 is 1.04 bits per heavy atom. The number of halogens is 2. The van der Waals surface area contributed by atoms with Gasteiger partial charge in [-0.3, -0.25) is 0 Å². The maximum Gasteiger partial charge on any atom is 0.116 e. The number of aromatic nitrogens is 3. The number of anilines is 2. The number of rotatable bonds is 2. The molecule has 2 N–H and O–H groups in total. The first kappa shape index (κ1) is 16.6. The zero-order valence-electron chi connectivity index (χ0n) is 13.2. The van der Waals surface area contributed by atoms with Crippen LogP contribution in [-0.4, -0.2) is 15.0 Å². The minimum absolute atomic E-state index is 0. The summed E-state index contributed by atoms with van der Waals surface area (Å²) in [5.41, 5.74) is 6.87. The van der Waals surface area contributed by atoms with Gasteiger partial charge in [0.1, 0.15) is 11.8 Å². The summed E-state index contributed by atoms with van der Waals surface area (Å²) >= 11 is 6.24. The lowest BCUT2D eigenvalue weighted by atomic mass is 10.1. The minimum Gasteiger partial charge on any atom is -0.358 e. The molecular weight excluding hydrogens is 343 g/mol. The molecule has 0 amide bonds. The third-order valence-electron chi connectivity index (χ3n) is 3.95. The first-order valence-electron chi connectivity index (χ1n) is 7.38. The summed E-state index contributed by atoms with van der Waals surface area (Å²) in [6, 6.07) is 12.1. The van der Waals surface area contributed by atoms with Crippen LogP contribution >= 0.6 is 24.0 Å². The molecule has 2 aromatic heterocycles. The number of H-pyrrole nitrogens is 1. The van der Waals surface area contributed by atoms with Gasteiger partial charge >= 0.3 is 0 Å². The van der Waals surface area contributed by atoms with Crippen molar-refractivity contribution in [2.75, 3.05) is 5.32 Å². The van der Waals surface area contributed by atoms with E-state index in [1.165, 1.54) is 0 Å². The van der Waals surface area contributed by atoms with Crippen LogP contribution in [0.3, 0.4) is 0 Å². The van der Waals surface area contributed by atoms with E-state index in [9.17, 15) is 0 Å². The maximum absolute atomic E-state index is 6.24. The molecule has 0 aliphatic carbocycles. The van der Waals surface area contributed by atoms with Gasteiger partial charge in [0.2, 0.25) is 0 Å². The van der Waals surface area contributed by atoms with Gasteiger partial charge in [-0.2, -0.15) is 0 Å². The summed E-state index contributed by atoms with van der Waals surface area (Å²) in [7, 11) is 0. The molecule has 4 aromatic rings. The predicted molar refractivity (Wildman–Crippen MR) is 103 cm³/mol. The van der Waals surface area contributed by atoms with E-state index < -0.39 is 0 Å². The average molecular weight is 359 g/mol. The number of imidazole rings is 1. The Morgan fingerprint density at radius 3 is 2.67 bits per heavy atom.